The molecule has 3 aromatic rings. The molecule has 1 aliphatic rings. The first kappa shape index (κ1) is 19.8. The molecule has 8 heteroatoms. The molecule has 1 fully saturated rings. The van der Waals surface area contributed by atoms with Crippen molar-refractivity contribution in [2.45, 2.75) is 25.4 Å². The Kier molecular flexibility index (Phi) is 5.07. The molecule has 1 aromatic heterocycles. The van der Waals surface area contributed by atoms with Crippen LogP contribution in [0.2, 0.25) is 0 Å². The SMILES string of the molecule is COc1ccc(CNc2c(F)cc3c(=O)c(C(=O)O)cn(C4CC4)c3c2OC)cc1. The van der Waals surface area contributed by atoms with Crippen molar-refractivity contribution in [2.24, 2.45) is 0 Å². The van der Waals surface area contributed by atoms with Crippen LogP contribution in [0.1, 0.15) is 34.8 Å². The van der Waals surface area contributed by atoms with Gasteiger partial charge in [-0.1, -0.05) is 12.1 Å². The number of aromatic carboxylic acids is 1. The molecule has 30 heavy (non-hydrogen) atoms. The van der Waals surface area contributed by atoms with Crippen molar-refractivity contribution in [2.75, 3.05) is 19.5 Å². The van der Waals surface area contributed by atoms with Gasteiger partial charge < -0.3 is 24.5 Å². The first-order valence-corrected chi connectivity index (χ1v) is 9.50. The van der Waals surface area contributed by atoms with Crippen molar-refractivity contribution < 1.29 is 23.8 Å². The number of hydrogen-bond donors (Lipinski definition) is 2. The third-order valence-corrected chi connectivity index (χ3v) is 5.23. The number of ether oxygens (including phenoxy) is 2. The third-order valence-electron chi connectivity index (χ3n) is 5.23. The van der Waals surface area contributed by atoms with Gasteiger partial charge in [0.2, 0.25) is 5.43 Å². The van der Waals surface area contributed by atoms with Crippen LogP contribution in [-0.4, -0.2) is 29.9 Å². The Morgan fingerprint density at radius 3 is 2.50 bits per heavy atom. The topological polar surface area (TPSA) is 89.8 Å². The maximum absolute atomic E-state index is 15.0. The summed E-state index contributed by atoms with van der Waals surface area (Å²) >= 11 is 0. The van der Waals surface area contributed by atoms with Gasteiger partial charge in [0.1, 0.15) is 17.0 Å². The van der Waals surface area contributed by atoms with E-state index in [9.17, 15) is 19.1 Å². The van der Waals surface area contributed by atoms with Crippen LogP contribution < -0.4 is 20.2 Å². The van der Waals surface area contributed by atoms with E-state index in [-0.39, 0.29) is 28.4 Å². The smallest absolute Gasteiger partial charge is 0.341 e. The molecule has 0 radical (unpaired) electrons. The first-order valence-electron chi connectivity index (χ1n) is 9.50. The summed E-state index contributed by atoms with van der Waals surface area (Å²) in [5.41, 5.74) is 0.313. The summed E-state index contributed by atoms with van der Waals surface area (Å²) in [7, 11) is 2.98. The molecule has 1 heterocycles. The minimum Gasteiger partial charge on any atom is -0.497 e. The van der Waals surface area contributed by atoms with Gasteiger partial charge in [-0.3, -0.25) is 4.79 Å². The maximum atomic E-state index is 15.0. The van der Waals surface area contributed by atoms with Crippen LogP contribution in [0, 0.1) is 5.82 Å². The molecule has 1 aliphatic carbocycles. The van der Waals surface area contributed by atoms with Gasteiger partial charge >= 0.3 is 5.97 Å². The number of carboxylic acid groups (broad SMARTS) is 1. The molecule has 0 aliphatic heterocycles. The van der Waals surface area contributed by atoms with Crippen LogP contribution in [0.3, 0.4) is 0 Å². The number of hydrogen-bond acceptors (Lipinski definition) is 5. The minimum atomic E-state index is -1.34. The number of aromatic nitrogens is 1. The van der Waals surface area contributed by atoms with E-state index < -0.39 is 17.2 Å². The summed E-state index contributed by atoms with van der Waals surface area (Å²) in [6.45, 7) is 0.323. The summed E-state index contributed by atoms with van der Waals surface area (Å²) in [6, 6.07) is 8.47. The standard InChI is InChI=1S/C22H21FN2O5/c1-29-14-7-3-12(4-8-14)10-24-18-17(23)9-15-19(21(18)30-2)25(13-5-6-13)11-16(20(15)26)22(27)28/h3-4,7-9,11,13,24H,5-6,10H2,1-2H3,(H,27,28). The Balaban J connectivity index is 1.83. The predicted octanol–water partition coefficient (Wildman–Crippen LogP) is 3.80. The van der Waals surface area contributed by atoms with Crippen molar-refractivity contribution in [3.63, 3.8) is 0 Å². The van der Waals surface area contributed by atoms with Gasteiger partial charge in [-0.25, -0.2) is 9.18 Å². The fraction of sp³-hybridized carbons (Fsp3) is 0.273. The summed E-state index contributed by atoms with van der Waals surface area (Å²) in [6.07, 6.45) is 3.04. The van der Waals surface area contributed by atoms with Crippen molar-refractivity contribution in [1.82, 2.24) is 4.57 Å². The average Bonchev–Trinajstić information content (AvgIpc) is 3.58. The lowest BCUT2D eigenvalue weighted by molar-refractivity contribution is 0.0695. The Labute approximate surface area is 171 Å². The molecule has 0 unspecified atom stereocenters. The monoisotopic (exact) mass is 412 g/mol. The second kappa shape index (κ2) is 7.70. The van der Waals surface area contributed by atoms with Gasteiger partial charge in [0.15, 0.2) is 11.6 Å². The van der Waals surface area contributed by atoms with E-state index in [1.807, 2.05) is 24.3 Å². The largest absolute Gasteiger partial charge is 0.497 e. The second-order valence-electron chi connectivity index (χ2n) is 7.18. The molecule has 156 valence electrons. The molecule has 2 N–H and O–H groups in total. The normalized spacial score (nSPS) is 13.3. The van der Waals surface area contributed by atoms with Crippen LogP contribution in [0.25, 0.3) is 10.9 Å². The van der Waals surface area contributed by atoms with Gasteiger partial charge in [0.25, 0.3) is 0 Å². The van der Waals surface area contributed by atoms with Crippen molar-refractivity contribution in [1.29, 1.82) is 0 Å². The van der Waals surface area contributed by atoms with E-state index in [1.54, 1.807) is 11.7 Å². The third kappa shape index (κ3) is 3.45. The van der Waals surface area contributed by atoms with Crippen LogP contribution in [0.4, 0.5) is 10.1 Å². The van der Waals surface area contributed by atoms with E-state index in [2.05, 4.69) is 5.32 Å². The number of anilines is 1. The number of halogens is 1. The Morgan fingerprint density at radius 2 is 1.93 bits per heavy atom. The number of benzene rings is 2. The zero-order valence-corrected chi connectivity index (χ0v) is 16.6. The van der Waals surface area contributed by atoms with Crippen LogP contribution in [-0.2, 0) is 6.54 Å². The molecule has 0 amide bonds. The molecular formula is C22H21FN2O5. The van der Waals surface area contributed by atoms with E-state index >= 15 is 0 Å². The van der Waals surface area contributed by atoms with Crippen LogP contribution >= 0.6 is 0 Å². The number of methoxy groups -OCH3 is 2. The van der Waals surface area contributed by atoms with E-state index in [0.717, 1.165) is 30.2 Å². The van der Waals surface area contributed by atoms with E-state index in [0.29, 0.717) is 12.1 Å². The molecule has 2 aromatic carbocycles. The highest BCUT2D eigenvalue weighted by Gasteiger charge is 2.30. The van der Waals surface area contributed by atoms with Crippen molar-refractivity contribution in [3.8, 4) is 11.5 Å². The van der Waals surface area contributed by atoms with Crippen LogP contribution in [0.15, 0.2) is 41.3 Å². The maximum Gasteiger partial charge on any atom is 0.341 e. The zero-order valence-electron chi connectivity index (χ0n) is 16.6. The van der Waals surface area contributed by atoms with Gasteiger partial charge in [0, 0.05) is 18.8 Å². The number of nitrogens with one attached hydrogen (secondary N) is 1. The quantitative estimate of drug-likeness (QED) is 0.614. The number of nitrogens with zero attached hydrogens (tertiary/aromatic N) is 1. The highest BCUT2D eigenvalue weighted by atomic mass is 19.1. The summed E-state index contributed by atoms with van der Waals surface area (Å²) in [4.78, 5) is 24.2. The van der Waals surface area contributed by atoms with Gasteiger partial charge in [0.05, 0.1) is 25.1 Å². The zero-order chi connectivity index (χ0) is 21.4. The Bertz CT molecular complexity index is 1180. The highest BCUT2D eigenvalue weighted by Crippen LogP contribution is 2.42. The number of carboxylic acids is 1. The number of carbonyl (C=O) groups is 1. The van der Waals surface area contributed by atoms with Gasteiger partial charge in [-0.2, -0.15) is 0 Å². The lowest BCUT2D eigenvalue weighted by Crippen LogP contribution is -2.20. The Morgan fingerprint density at radius 1 is 1.23 bits per heavy atom. The molecule has 7 nitrogen and oxygen atoms in total. The van der Waals surface area contributed by atoms with E-state index in [4.69, 9.17) is 9.47 Å². The number of fused-ring (bicyclic) bond motifs is 1. The predicted molar refractivity (Wildman–Crippen MR) is 110 cm³/mol. The molecule has 4 rings (SSSR count). The highest BCUT2D eigenvalue weighted by molar-refractivity contribution is 5.97. The van der Waals surface area contributed by atoms with Crippen LogP contribution in [0.5, 0.6) is 11.5 Å². The lowest BCUT2D eigenvalue weighted by Gasteiger charge is -2.19. The summed E-state index contributed by atoms with van der Waals surface area (Å²) in [5, 5.41) is 12.4. The Hall–Kier alpha value is -3.55. The molecule has 0 saturated heterocycles. The summed E-state index contributed by atoms with van der Waals surface area (Å²) < 4.78 is 27.4. The fourth-order valence-electron chi connectivity index (χ4n) is 3.54. The van der Waals surface area contributed by atoms with Crippen molar-refractivity contribution in [3.05, 3.63) is 63.7 Å². The fourth-order valence-corrected chi connectivity index (χ4v) is 3.54. The number of pyridine rings is 1. The second-order valence-corrected chi connectivity index (χ2v) is 7.18. The van der Waals surface area contributed by atoms with Gasteiger partial charge in [-0.05, 0) is 36.6 Å². The molecular weight excluding hydrogens is 391 g/mol. The molecule has 0 atom stereocenters. The molecule has 1 saturated carbocycles. The first-order chi connectivity index (χ1) is 14.4. The van der Waals surface area contributed by atoms with E-state index in [1.165, 1.54) is 13.3 Å². The molecule has 0 bridgehead atoms. The van der Waals surface area contributed by atoms with Gasteiger partial charge in [-0.15, -0.1) is 0 Å². The lowest BCUT2D eigenvalue weighted by atomic mass is 10.1. The minimum absolute atomic E-state index is 0.00820. The average molecular weight is 412 g/mol. The van der Waals surface area contributed by atoms with Crippen molar-refractivity contribution >= 4 is 22.6 Å². The molecule has 0 spiro atoms. The number of rotatable bonds is 7. The summed E-state index contributed by atoms with van der Waals surface area (Å²) in [5.74, 6) is -1.12.